The van der Waals surface area contributed by atoms with Gasteiger partial charge in [0.2, 0.25) is 11.8 Å². The third kappa shape index (κ3) is 3.58. The van der Waals surface area contributed by atoms with Gasteiger partial charge >= 0.3 is 0 Å². The Balaban J connectivity index is 1.53. The van der Waals surface area contributed by atoms with Gasteiger partial charge in [-0.1, -0.05) is 53.6 Å². The highest BCUT2D eigenvalue weighted by Crippen LogP contribution is 2.66. The largest absolute Gasteiger partial charge is 0.507 e. The Kier molecular flexibility index (Phi) is 6.45. The van der Waals surface area contributed by atoms with Crippen LogP contribution in [0.15, 0.2) is 60.7 Å². The molecule has 10 heteroatoms. The molecule has 2 aromatic rings. The van der Waals surface area contributed by atoms with Gasteiger partial charge in [-0.2, -0.15) is 0 Å². The molecule has 0 bridgehead atoms. The van der Waals surface area contributed by atoms with Gasteiger partial charge in [0.1, 0.15) is 5.75 Å². The Morgan fingerprint density at radius 2 is 1.80 bits per heavy atom. The predicted molar refractivity (Wildman–Crippen MR) is 156 cm³/mol. The normalized spacial score (nSPS) is 32.6. The number of anilines is 1. The summed E-state index contributed by atoms with van der Waals surface area (Å²) in [4.78, 5) is 53.3. The van der Waals surface area contributed by atoms with Gasteiger partial charge in [0.05, 0.1) is 17.5 Å². The van der Waals surface area contributed by atoms with Crippen molar-refractivity contribution >= 4 is 64.1 Å². The number of nitrogens with zero attached hydrogens (tertiary/aromatic N) is 2. The Bertz CT molecular complexity index is 1600. The first-order chi connectivity index (χ1) is 19.4. The van der Waals surface area contributed by atoms with Crippen molar-refractivity contribution in [1.29, 1.82) is 0 Å². The van der Waals surface area contributed by atoms with Crippen LogP contribution in [-0.2, 0) is 25.6 Å². The lowest BCUT2D eigenvalue weighted by atomic mass is 9.56. The molecule has 6 unspecified atom stereocenters. The second-order valence-corrected chi connectivity index (χ2v) is 12.9. The Labute approximate surface area is 252 Å². The molecular formula is C31H27Cl3N2O5. The number of aryl methyl sites for hydroxylation is 1. The van der Waals surface area contributed by atoms with E-state index in [0.717, 1.165) is 15.4 Å². The minimum atomic E-state index is -1.96. The van der Waals surface area contributed by atoms with Crippen molar-refractivity contribution in [3.63, 3.8) is 0 Å². The first-order valence-electron chi connectivity index (χ1n) is 13.3. The highest BCUT2D eigenvalue weighted by atomic mass is 35.5. The van der Waals surface area contributed by atoms with E-state index in [1.165, 1.54) is 7.05 Å². The summed E-state index contributed by atoms with van der Waals surface area (Å²) < 4.78 is 0. The zero-order valence-electron chi connectivity index (χ0n) is 22.4. The maximum absolute atomic E-state index is 14.1. The van der Waals surface area contributed by atoms with Crippen molar-refractivity contribution < 1.29 is 24.3 Å². The van der Waals surface area contributed by atoms with Crippen LogP contribution < -0.4 is 4.90 Å². The van der Waals surface area contributed by atoms with Crippen molar-refractivity contribution in [2.24, 2.45) is 17.8 Å². The smallest absolute Gasteiger partial charge is 0.253 e. The number of carbonyl (C=O) groups excluding carboxylic acids is 4. The molecule has 4 aliphatic rings. The first kappa shape index (κ1) is 28.0. The quantitative estimate of drug-likeness (QED) is 0.288. The minimum absolute atomic E-state index is 0.0836. The monoisotopic (exact) mass is 612 g/mol. The van der Waals surface area contributed by atoms with Crippen LogP contribution in [0.2, 0.25) is 5.02 Å². The molecule has 6 atom stereocenters. The number of carbonyl (C=O) groups is 4. The molecule has 1 N–H and O–H groups in total. The van der Waals surface area contributed by atoms with Gasteiger partial charge in [0, 0.05) is 23.6 Å². The molecule has 1 saturated carbocycles. The molecule has 2 heterocycles. The van der Waals surface area contributed by atoms with Crippen molar-refractivity contribution in [2.75, 3.05) is 11.9 Å². The summed E-state index contributed by atoms with van der Waals surface area (Å²) in [5, 5.41) is 11.8. The van der Waals surface area contributed by atoms with Gasteiger partial charge in [-0.15, -0.1) is 29.8 Å². The standard InChI is InChI=1S/C31H27Cl3N2O5/c1-4-6-16-7-5-8-20(25(16)37)24-18-11-12-19-23(21(18)14-30(33)28(40)35(3)29(41)31(24,30)34)27(39)36(26(19)38)17-10-9-15(2)22(32)13-17/h4-5,7-11,13,19,21,23-24,37H,1,6,12,14H2,2-3H3. The molecule has 7 nitrogen and oxygen atoms in total. The molecular weight excluding hydrogens is 587 g/mol. The molecule has 2 aromatic carbocycles. The van der Waals surface area contributed by atoms with Crippen molar-refractivity contribution in [3.8, 4) is 5.75 Å². The summed E-state index contributed by atoms with van der Waals surface area (Å²) in [6.07, 6.45) is 3.94. The molecule has 41 heavy (non-hydrogen) atoms. The highest BCUT2D eigenvalue weighted by molar-refractivity contribution is 6.53. The minimum Gasteiger partial charge on any atom is -0.507 e. The number of aromatic hydroxyl groups is 1. The Hall–Kier alpha value is -3.13. The number of likely N-dealkylation sites (tertiary alicyclic amines) is 1. The fourth-order valence-corrected chi connectivity index (χ4v) is 8.42. The van der Waals surface area contributed by atoms with Gasteiger partial charge in [-0.3, -0.25) is 24.1 Å². The molecule has 3 fully saturated rings. The number of imide groups is 2. The van der Waals surface area contributed by atoms with E-state index in [4.69, 9.17) is 34.8 Å². The van der Waals surface area contributed by atoms with Gasteiger partial charge in [-0.05, 0) is 55.4 Å². The summed E-state index contributed by atoms with van der Waals surface area (Å²) in [7, 11) is 1.33. The zero-order valence-corrected chi connectivity index (χ0v) is 24.6. The summed E-state index contributed by atoms with van der Waals surface area (Å²) >= 11 is 20.7. The number of para-hydroxylation sites is 1. The summed E-state index contributed by atoms with van der Waals surface area (Å²) in [5.41, 5.74) is 2.68. The van der Waals surface area contributed by atoms with Crippen LogP contribution in [0.5, 0.6) is 5.75 Å². The number of phenols is 1. The molecule has 212 valence electrons. The van der Waals surface area contributed by atoms with Gasteiger partial charge < -0.3 is 5.11 Å². The Morgan fingerprint density at radius 1 is 1.07 bits per heavy atom. The number of fused-ring (bicyclic) bond motifs is 4. The average molecular weight is 614 g/mol. The lowest BCUT2D eigenvalue weighted by molar-refractivity contribution is -0.138. The molecule has 2 saturated heterocycles. The number of alkyl halides is 2. The zero-order chi connectivity index (χ0) is 29.6. The predicted octanol–water partition coefficient (Wildman–Crippen LogP) is 5.28. The van der Waals surface area contributed by atoms with Crippen LogP contribution >= 0.6 is 34.8 Å². The van der Waals surface area contributed by atoms with E-state index in [9.17, 15) is 24.3 Å². The highest BCUT2D eigenvalue weighted by Gasteiger charge is 2.76. The number of benzene rings is 2. The van der Waals surface area contributed by atoms with E-state index < -0.39 is 51.1 Å². The topological polar surface area (TPSA) is 95.0 Å². The number of amides is 4. The van der Waals surface area contributed by atoms with Gasteiger partial charge in [-0.25, -0.2) is 4.90 Å². The summed E-state index contributed by atoms with van der Waals surface area (Å²) in [5.74, 6) is -5.46. The molecule has 4 amide bonds. The fraction of sp³-hybridized carbons (Fsp3) is 0.355. The molecule has 0 radical (unpaired) electrons. The second-order valence-electron chi connectivity index (χ2n) is 11.3. The van der Waals surface area contributed by atoms with Crippen molar-refractivity contribution in [1.82, 2.24) is 4.90 Å². The summed E-state index contributed by atoms with van der Waals surface area (Å²) in [6, 6.07) is 10.1. The molecule has 0 spiro atoms. The molecule has 6 rings (SSSR count). The van der Waals surface area contributed by atoms with E-state index >= 15 is 0 Å². The number of rotatable bonds is 4. The van der Waals surface area contributed by atoms with E-state index in [0.29, 0.717) is 33.8 Å². The molecule has 2 aliphatic heterocycles. The van der Waals surface area contributed by atoms with E-state index in [1.54, 1.807) is 42.5 Å². The lowest BCUT2D eigenvalue weighted by Crippen LogP contribution is -2.60. The van der Waals surface area contributed by atoms with Crippen LogP contribution in [0.4, 0.5) is 5.69 Å². The third-order valence-corrected chi connectivity index (χ3v) is 11.1. The number of hydrogen-bond donors (Lipinski definition) is 1. The molecule has 0 aromatic heterocycles. The number of hydrogen-bond acceptors (Lipinski definition) is 5. The second kappa shape index (κ2) is 9.45. The van der Waals surface area contributed by atoms with Gasteiger partial charge in [0.25, 0.3) is 11.8 Å². The maximum atomic E-state index is 14.1. The number of halogens is 3. The summed E-state index contributed by atoms with van der Waals surface area (Å²) in [6.45, 7) is 5.58. The van der Waals surface area contributed by atoms with Crippen LogP contribution in [0.3, 0.4) is 0 Å². The van der Waals surface area contributed by atoms with Crippen molar-refractivity contribution in [3.05, 3.63) is 82.4 Å². The van der Waals surface area contributed by atoms with Crippen LogP contribution in [0.1, 0.15) is 35.4 Å². The first-order valence-corrected chi connectivity index (χ1v) is 14.5. The maximum Gasteiger partial charge on any atom is 0.253 e. The van der Waals surface area contributed by atoms with Crippen LogP contribution in [0, 0.1) is 24.7 Å². The Morgan fingerprint density at radius 3 is 2.49 bits per heavy atom. The van der Waals surface area contributed by atoms with Crippen molar-refractivity contribution in [2.45, 2.75) is 41.9 Å². The fourth-order valence-electron chi connectivity index (χ4n) is 7.23. The molecule has 2 aliphatic carbocycles. The van der Waals surface area contributed by atoms with Crippen LogP contribution in [0.25, 0.3) is 0 Å². The number of allylic oxidation sites excluding steroid dienone is 3. The van der Waals surface area contributed by atoms with Crippen LogP contribution in [-0.4, -0.2) is 50.4 Å². The SMILES string of the molecule is C=CCc1cccc(C2C3=CCC4C(=O)N(c5ccc(C)c(Cl)c5)C(=O)C4C3CC3(Cl)C(=O)N(C)C(=O)C23Cl)c1O. The lowest BCUT2D eigenvalue weighted by Gasteiger charge is -2.50. The third-order valence-electron chi connectivity index (χ3n) is 9.25. The number of phenolic OH excluding ortho intramolecular Hbond substituents is 1. The van der Waals surface area contributed by atoms with Gasteiger partial charge in [0.15, 0.2) is 9.75 Å². The van der Waals surface area contributed by atoms with E-state index in [-0.39, 0.29) is 24.5 Å². The van der Waals surface area contributed by atoms with E-state index in [1.807, 2.05) is 13.0 Å². The van der Waals surface area contributed by atoms with E-state index in [2.05, 4.69) is 6.58 Å². The average Bonchev–Trinajstić information content (AvgIpc) is 3.27.